The van der Waals surface area contributed by atoms with Crippen molar-refractivity contribution >= 4 is 35.6 Å². The Hall–Kier alpha value is -4.82. The van der Waals surface area contributed by atoms with Crippen molar-refractivity contribution in [1.29, 1.82) is 0 Å². The van der Waals surface area contributed by atoms with Gasteiger partial charge in [-0.1, -0.05) is 74.5 Å². The fourth-order valence-electron chi connectivity index (χ4n) is 4.08. The van der Waals surface area contributed by atoms with Crippen LogP contribution >= 0.6 is 0 Å². The molecular formula is C31H41N5O9. The molecule has 14 nitrogen and oxygen atoms in total. The molecule has 45 heavy (non-hydrogen) atoms. The molecule has 4 amide bonds. The molecule has 0 unspecified atom stereocenters. The molecule has 0 radical (unpaired) electrons. The normalized spacial score (nSPS) is 14.2. The van der Waals surface area contributed by atoms with Crippen molar-refractivity contribution < 1.29 is 43.7 Å². The number of hydrogen-bond acceptors (Lipinski definition) is 9. The lowest BCUT2D eigenvalue weighted by Gasteiger charge is -2.27. The van der Waals surface area contributed by atoms with Crippen molar-refractivity contribution in [3.05, 3.63) is 71.8 Å². The lowest BCUT2D eigenvalue weighted by atomic mass is 10.00. The minimum absolute atomic E-state index is 0.00902. The van der Waals surface area contributed by atoms with Gasteiger partial charge in [0.2, 0.25) is 23.6 Å². The molecule has 0 aliphatic heterocycles. The van der Waals surface area contributed by atoms with Crippen LogP contribution in [-0.2, 0) is 46.5 Å². The van der Waals surface area contributed by atoms with Gasteiger partial charge in [0.1, 0.15) is 36.8 Å². The number of nitrogens with two attached hydrogens (primary N) is 1. The van der Waals surface area contributed by atoms with Gasteiger partial charge in [-0.15, -0.1) is 0 Å². The number of ether oxygens (including phenoxy) is 1. The Labute approximate surface area is 261 Å². The van der Waals surface area contributed by atoms with Gasteiger partial charge < -0.3 is 42.0 Å². The van der Waals surface area contributed by atoms with Gasteiger partial charge in [-0.05, 0) is 24.0 Å². The van der Waals surface area contributed by atoms with Gasteiger partial charge in [0.15, 0.2) is 0 Å². The summed E-state index contributed by atoms with van der Waals surface area (Å²) in [6.07, 6.45) is -0.779. The first-order valence-corrected chi connectivity index (χ1v) is 14.4. The largest absolute Gasteiger partial charge is 0.481 e. The third-order valence-electron chi connectivity index (χ3n) is 6.64. The average molecular weight is 628 g/mol. The summed E-state index contributed by atoms with van der Waals surface area (Å²) in [5, 5.41) is 28.2. The van der Waals surface area contributed by atoms with Crippen molar-refractivity contribution in [3.8, 4) is 0 Å². The monoisotopic (exact) mass is 627 g/mol. The zero-order valence-electron chi connectivity index (χ0n) is 25.4. The highest BCUT2D eigenvalue weighted by Crippen LogP contribution is 2.09. The number of hydrogen-bond donors (Lipinski definition) is 7. The molecule has 0 saturated heterocycles. The molecule has 0 aliphatic rings. The Morgan fingerprint density at radius 3 is 1.80 bits per heavy atom. The minimum Gasteiger partial charge on any atom is -0.481 e. The smallest absolute Gasteiger partial charge is 0.328 e. The SMILES string of the molecule is CC(C)[C@H](NC(=O)[C@H](CC(=O)O)NC(=O)[C@@H](N)CO)C(=O)N[C@@H](Cc1ccccc1)C(=O)N[C@@H](C)C(=O)OCc1ccccc1. The van der Waals surface area contributed by atoms with Gasteiger partial charge in [-0.2, -0.15) is 0 Å². The van der Waals surface area contributed by atoms with Crippen LogP contribution in [0.25, 0.3) is 0 Å². The second kappa shape index (κ2) is 18.1. The molecule has 0 saturated carbocycles. The Morgan fingerprint density at radius 1 is 0.733 bits per heavy atom. The van der Waals surface area contributed by atoms with Crippen molar-refractivity contribution in [2.75, 3.05) is 6.61 Å². The quantitative estimate of drug-likeness (QED) is 0.110. The van der Waals surface area contributed by atoms with Crippen LogP contribution in [0, 0.1) is 5.92 Å². The Bertz CT molecular complexity index is 1310. The van der Waals surface area contributed by atoms with Crippen molar-refractivity contribution in [2.24, 2.45) is 11.7 Å². The van der Waals surface area contributed by atoms with Gasteiger partial charge in [-0.25, -0.2) is 4.79 Å². The van der Waals surface area contributed by atoms with Crippen LogP contribution in [0.3, 0.4) is 0 Å². The van der Waals surface area contributed by atoms with E-state index < -0.39 is 84.7 Å². The molecule has 2 aromatic carbocycles. The van der Waals surface area contributed by atoms with E-state index in [2.05, 4.69) is 21.3 Å². The van der Waals surface area contributed by atoms with Crippen molar-refractivity contribution in [3.63, 3.8) is 0 Å². The topological polar surface area (TPSA) is 226 Å². The number of aliphatic hydroxyl groups is 1. The number of aliphatic hydroxyl groups excluding tert-OH is 1. The van der Waals surface area contributed by atoms with E-state index in [-0.39, 0.29) is 13.0 Å². The Kier molecular flexibility index (Phi) is 14.6. The molecule has 0 bridgehead atoms. The zero-order chi connectivity index (χ0) is 33.5. The molecule has 2 rings (SSSR count). The average Bonchev–Trinajstić information content (AvgIpc) is 3.01. The number of carboxylic acids is 1. The van der Waals surface area contributed by atoms with Crippen LogP contribution < -0.4 is 27.0 Å². The number of carbonyl (C=O) groups excluding carboxylic acids is 5. The van der Waals surface area contributed by atoms with E-state index in [9.17, 15) is 33.9 Å². The van der Waals surface area contributed by atoms with Gasteiger partial charge in [0, 0.05) is 6.42 Å². The van der Waals surface area contributed by atoms with Crippen LogP contribution in [-0.4, -0.2) is 82.6 Å². The summed E-state index contributed by atoms with van der Waals surface area (Å²) in [4.78, 5) is 76.0. The maximum Gasteiger partial charge on any atom is 0.328 e. The predicted molar refractivity (Wildman–Crippen MR) is 162 cm³/mol. The third-order valence-corrected chi connectivity index (χ3v) is 6.64. The first-order chi connectivity index (χ1) is 21.3. The highest BCUT2D eigenvalue weighted by molar-refractivity contribution is 5.96. The van der Waals surface area contributed by atoms with E-state index in [0.717, 1.165) is 5.56 Å². The van der Waals surface area contributed by atoms with Crippen LogP contribution in [0.1, 0.15) is 38.3 Å². The fourth-order valence-corrected chi connectivity index (χ4v) is 4.08. The van der Waals surface area contributed by atoms with E-state index in [1.807, 2.05) is 6.07 Å². The van der Waals surface area contributed by atoms with Gasteiger partial charge in [0.05, 0.1) is 13.0 Å². The number of carbonyl (C=O) groups is 6. The second-order valence-corrected chi connectivity index (χ2v) is 10.8. The molecule has 0 fully saturated rings. The summed E-state index contributed by atoms with van der Waals surface area (Å²) >= 11 is 0. The maximum absolute atomic E-state index is 13.5. The number of rotatable bonds is 17. The zero-order valence-corrected chi connectivity index (χ0v) is 25.4. The summed E-state index contributed by atoms with van der Waals surface area (Å²) in [7, 11) is 0. The number of amides is 4. The molecule has 0 aliphatic carbocycles. The molecule has 8 N–H and O–H groups in total. The molecular weight excluding hydrogens is 586 g/mol. The first kappa shape index (κ1) is 36.4. The number of aliphatic carboxylic acids is 1. The highest BCUT2D eigenvalue weighted by Gasteiger charge is 2.33. The van der Waals surface area contributed by atoms with Crippen molar-refractivity contribution in [2.45, 2.75) is 70.4 Å². The molecule has 2 aromatic rings. The summed E-state index contributed by atoms with van der Waals surface area (Å²) in [5.74, 6) is -6.02. The van der Waals surface area contributed by atoms with Crippen LogP contribution in [0.5, 0.6) is 0 Å². The molecule has 244 valence electrons. The van der Waals surface area contributed by atoms with E-state index in [1.165, 1.54) is 6.92 Å². The summed E-state index contributed by atoms with van der Waals surface area (Å²) < 4.78 is 5.30. The van der Waals surface area contributed by atoms with Gasteiger partial charge in [0.25, 0.3) is 0 Å². The lowest BCUT2D eigenvalue weighted by molar-refractivity contribution is -0.148. The minimum atomic E-state index is -1.60. The number of esters is 1. The fraction of sp³-hybridized carbons (Fsp3) is 0.419. The van der Waals surface area contributed by atoms with E-state index >= 15 is 0 Å². The number of benzene rings is 2. The van der Waals surface area contributed by atoms with E-state index in [1.54, 1.807) is 68.4 Å². The van der Waals surface area contributed by atoms with Gasteiger partial charge >= 0.3 is 11.9 Å². The van der Waals surface area contributed by atoms with E-state index in [4.69, 9.17) is 15.6 Å². The number of carboxylic acid groups (broad SMARTS) is 1. The van der Waals surface area contributed by atoms with Crippen LogP contribution in [0.4, 0.5) is 0 Å². The highest BCUT2D eigenvalue weighted by atomic mass is 16.5. The predicted octanol–water partition coefficient (Wildman–Crippen LogP) is -0.618. The Balaban J connectivity index is 2.18. The lowest BCUT2D eigenvalue weighted by Crippen LogP contribution is -2.60. The van der Waals surface area contributed by atoms with E-state index in [0.29, 0.717) is 5.56 Å². The molecule has 0 aromatic heterocycles. The summed E-state index contributed by atoms with van der Waals surface area (Å²) in [6, 6.07) is 11.3. The second-order valence-electron chi connectivity index (χ2n) is 10.8. The molecule has 0 spiro atoms. The molecule has 0 heterocycles. The summed E-state index contributed by atoms with van der Waals surface area (Å²) in [5.41, 5.74) is 6.93. The molecule has 14 heteroatoms. The van der Waals surface area contributed by atoms with Crippen LogP contribution in [0.15, 0.2) is 60.7 Å². The summed E-state index contributed by atoms with van der Waals surface area (Å²) in [6.45, 7) is 3.96. The Morgan fingerprint density at radius 2 is 1.27 bits per heavy atom. The standard InChI is InChI=1S/C31H41N5O9/c1-18(2)26(36-29(42)24(15-25(38)39)34-27(40)22(32)16-37)30(43)35-23(14-20-10-6-4-7-11-20)28(41)33-19(3)31(44)45-17-21-12-8-5-9-13-21/h4-13,18-19,22-24,26,37H,14-17,32H2,1-3H3,(H,33,41)(H,34,40)(H,35,43)(H,36,42)(H,38,39)/t19-,22-,23-,24-,26-/m0/s1. The first-order valence-electron chi connectivity index (χ1n) is 14.4. The third kappa shape index (κ3) is 12.4. The van der Waals surface area contributed by atoms with Crippen molar-refractivity contribution in [1.82, 2.24) is 21.3 Å². The van der Waals surface area contributed by atoms with Crippen LogP contribution in [0.2, 0.25) is 0 Å². The molecule has 5 atom stereocenters. The maximum atomic E-state index is 13.5. The number of nitrogens with one attached hydrogen (secondary N) is 4. The van der Waals surface area contributed by atoms with Gasteiger partial charge in [-0.3, -0.25) is 24.0 Å².